The first kappa shape index (κ1) is 28.4. The minimum Gasteiger partial charge on any atom is -0.431 e. The van der Waals surface area contributed by atoms with Gasteiger partial charge in [-0.1, -0.05) is 114 Å². The fraction of sp³-hybridized carbons (Fsp3) is 0.769. The molecule has 3 heteroatoms. The van der Waals surface area contributed by atoms with Crippen LogP contribution in [-0.2, 0) is 11.0 Å². The van der Waals surface area contributed by atoms with Crippen molar-refractivity contribution in [3.05, 3.63) is 35.9 Å². The van der Waals surface area contributed by atoms with Crippen LogP contribution in [0, 0.1) is 0 Å². The summed E-state index contributed by atoms with van der Waals surface area (Å²) in [4.78, 5) is 0. The van der Waals surface area contributed by atoms with Crippen LogP contribution in [0.2, 0.25) is 0 Å². The van der Waals surface area contributed by atoms with E-state index in [4.69, 9.17) is 0 Å². The van der Waals surface area contributed by atoms with E-state index in [0.29, 0.717) is 0 Å². The quantitative estimate of drug-likeness (QED) is 0.155. The Bertz CT molecular complexity index is 436. The highest BCUT2D eigenvalue weighted by Gasteiger charge is 2.14. The van der Waals surface area contributed by atoms with Crippen molar-refractivity contribution in [2.45, 2.75) is 103 Å². The van der Waals surface area contributed by atoms with Gasteiger partial charge in [0.05, 0.1) is 20.6 Å². The molecule has 0 N–H and O–H groups in total. The first-order valence-electron chi connectivity index (χ1n) is 12.3. The lowest BCUT2D eigenvalue weighted by atomic mass is 10.0. The predicted molar refractivity (Wildman–Crippen MR) is 134 cm³/mol. The van der Waals surface area contributed by atoms with Crippen LogP contribution in [0.3, 0.4) is 0 Å². The van der Waals surface area contributed by atoms with Gasteiger partial charge in [0.1, 0.15) is 17.0 Å². The van der Waals surface area contributed by atoms with E-state index in [0.717, 1.165) is 21.5 Å². The van der Waals surface area contributed by atoms with Crippen LogP contribution in [0.4, 0.5) is 0 Å². The molecule has 0 radical (unpaired) electrons. The van der Waals surface area contributed by atoms with Gasteiger partial charge in [0, 0.05) is 12.7 Å². The van der Waals surface area contributed by atoms with Crippen LogP contribution >= 0.6 is 0 Å². The topological polar surface area (TPSA) is 9.23 Å². The second-order valence-electron chi connectivity index (χ2n) is 9.31. The van der Waals surface area contributed by atoms with Crippen LogP contribution in [0.5, 0.6) is 0 Å². The van der Waals surface area contributed by atoms with Gasteiger partial charge in [-0.3, -0.25) is 0 Å². The summed E-state index contributed by atoms with van der Waals surface area (Å²) in [5.41, 5.74) is 1.46. The van der Waals surface area contributed by atoms with Crippen LogP contribution in [0.1, 0.15) is 102 Å². The van der Waals surface area contributed by atoms with Crippen molar-refractivity contribution in [3.63, 3.8) is 0 Å². The number of rotatable bonds is 17. The van der Waals surface area contributed by atoms with Crippen LogP contribution in [-0.4, -0.2) is 42.7 Å². The van der Waals surface area contributed by atoms with Crippen molar-refractivity contribution < 1.29 is 8.91 Å². The molecule has 0 bridgehead atoms. The molecule has 1 aromatic rings. The summed E-state index contributed by atoms with van der Waals surface area (Å²) in [5.74, 6) is 0. The molecule has 0 aliphatic heterocycles. The molecule has 29 heavy (non-hydrogen) atoms. The lowest BCUT2D eigenvalue weighted by molar-refractivity contribution is -0.903. The zero-order valence-electron chi connectivity index (χ0n) is 20.6. The maximum atomic E-state index is 4.39. The lowest BCUT2D eigenvalue weighted by Crippen LogP contribution is -2.39. The number of quaternary nitrogens is 1. The summed E-state index contributed by atoms with van der Waals surface area (Å²) in [7, 11) is 7.30. The number of hydrogen-bond donors (Lipinski definition) is 0. The SMILES string of the molecule is CCCCCCCCCCCCCCCC[N+](C)(C)Cc1ccccc1.CO[SiH3]. The summed E-state index contributed by atoms with van der Waals surface area (Å²) in [5, 5.41) is 0. The molecule has 0 saturated carbocycles. The van der Waals surface area contributed by atoms with Crippen molar-refractivity contribution in [1.29, 1.82) is 0 Å². The summed E-state index contributed by atoms with van der Waals surface area (Å²) < 4.78 is 5.50. The Morgan fingerprint density at radius 2 is 1.07 bits per heavy atom. The number of nitrogens with zero attached hydrogens (tertiary/aromatic N) is 1. The van der Waals surface area contributed by atoms with Crippen molar-refractivity contribution >= 4 is 10.5 Å². The Morgan fingerprint density at radius 3 is 1.48 bits per heavy atom. The van der Waals surface area contributed by atoms with Gasteiger partial charge in [0.2, 0.25) is 0 Å². The zero-order valence-corrected chi connectivity index (χ0v) is 22.6. The zero-order chi connectivity index (χ0) is 21.6. The highest BCUT2D eigenvalue weighted by Crippen LogP contribution is 2.14. The molecule has 170 valence electrons. The van der Waals surface area contributed by atoms with Crippen molar-refractivity contribution in [3.8, 4) is 0 Å². The normalized spacial score (nSPS) is 11.3. The number of benzene rings is 1. The van der Waals surface area contributed by atoms with Gasteiger partial charge < -0.3 is 8.91 Å². The minimum atomic E-state index is 0.869. The number of hydrogen-bond acceptors (Lipinski definition) is 1. The van der Waals surface area contributed by atoms with Crippen molar-refractivity contribution in [2.75, 3.05) is 27.7 Å². The number of unbranched alkanes of at least 4 members (excludes halogenated alkanes) is 13. The molecule has 0 unspecified atom stereocenters. The van der Waals surface area contributed by atoms with E-state index in [9.17, 15) is 0 Å². The maximum absolute atomic E-state index is 4.39. The Hall–Kier alpha value is -0.643. The van der Waals surface area contributed by atoms with E-state index in [-0.39, 0.29) is 0 Å². The molecule has 0 aromatic heterocycles. The average molecular weight is 423 g/mol. The Morgan fingerprint density at radius 1 is 0.690 bits per heavy atom. The molecule has 0 heterocycles. The summed E-state index contributed by atoms with van der Waals surface area (Å²) in [6.07, 6.45) is 20.2. The summed E-state index contributed by atoms with van der Waals surface area (Å²) in [6.45, 7) is 4.75. The monoisotopic (exact) mass is 422 g/mol. The molecule has 1 aromatic carbocycles. The maximum Gasteiger partial charge on any atom is 0.145 e. The fourth-order valence-electron chi connectivity index (χ4n) is 3.89. The summed E-state index contributed by atoms with van der Waals surface area (Å²) >= 11 is 0. The molecule has 0 spiro atoms. The van der Waals surface area contributed by atoms with E-state index < -0.39 is 0 Å². The Balaban J connectivity index is 0.00000245. The highest BCUT2D eigenvalue weighted by molar-refractivity contribution is 5.97. The third-order valence-corrected chi connectivity index (χ3v) is 5.57. The third-order valence-electron chi connectivity index (χ3n) is 5.57. The first-order valence-corrected chi connectivity index (χ1v) is 13.1. The van der Waals surface area contributed by atoms with E-state index in [1.807, 2.05) is 0 Å². The van der Waals surface area contributed by atoms with Gasteiger partial charge in [0.15, 0.2) is 0 Å². The smallest absolute Gasteiger partial charge is 0.145 e. The minimum absolute atomic E-state index is 0.869. The van der Waals surface area contributed by atoms with Crippen LogP contribution in [0.25, 0.3) is 0 Å². The molecule has 0 amide bonds. The first-order chi connectivity index (χ1) is 14.1. The molecular formula is C26H52NOSi+. The summed E-state index contributed by atoms with van der Waals surface area (Å²) in [6, 6.07) is 10.9. The van der Waals surface area contributed by atoms with Gasteiger partial charge in [-0.05, 0) is 12.8 Å². The molecule has 0 aliphatic rings. The van der Waals surface area contributed by atoms with Gasteiger partial charge in [-0.2, -0.15) is 0 Å². The van der Waals surface area contributed by atoms with E-state index >= 15 is 0 Å². The van der Waals surface area contributed by atoms with E-state index in [1.54, 1.807) is 7.11 Å². The van der Waals surface area contributed by atoms with Gasteiger partial charge >= 0.3 is 0 Å². The highest BCUT2D eigenvalue weighted by atomic mass is 28.2. The average Bonchev–Trinajstić information content (AvgIpc) is 2.69. The molecule has 0 fully saturated rings. The van der Waals surface area contributed by atoms with E-state index in [2.05, 4.69) is 55.8 Å². The molecular weight excluding hydrogens is 370 g/mol. The van der Waals surface area contributed by atoms with Crippen molar-refractivity contribution in [2.24, 2.45) is 0 Å². The van der Waals surface area contributed by atoms with Crippen molar-refractivity contribution in [1.82, 2.24) is 0 Å². The van der Waals surface area contributed by atoms with Gasteiger partial charge in [-0.25, -0.2) is 0 Å². The molecule has 0 atom stereocenters. The lowest BCUT2D eigenvalue weighted by Gasteiger charge is -2.30. The molecule has 1 rings (SSSR count). The van der Waals surface area contributed by atoms with Gasteiger partial charge in [0.25, 0.3) is 0 Å². The molecule has 0 aliphatic carbocycles. The molecule has 2 nitrogen and oxygen atoms in total. The Kier molecular flexibility index (Phi) is 20.2. The van der Waals surface area contributed by atoms with Gasteiger partial charge in [-0.15, -0.1) is 0 Å². The standard InChI is InChI=1S/C25H46N.CH6OSi/c1-4-5-6-7-8-9-10-11-12-13-14-15-16-20-23-26(2,3)24-25-21-18-17-19-22-25;1-2-3/h17-19,21-22H,4-16,20,23-24H2,1-3H3;1,3H3/q+1;. The second kappa shape index (κ2) is 20.6. The largest absolute Gasteiger partial charge is 0.431 e. The second-order valence-corrected chi connectivity index (χ2v) is 10.1. The Labute approximate surface area is 186 Å². The van der Waals surface area contributed by atoms with Crippen LogP contribution in [0.15, 0.2) is 30.3 Å². The predicted octanol–water partition coefficient (Wildman–Crippen LogP) is 6.66. The van der Waals surface area contributed by atoms with Crippen LogP contribution < -0.4 is 0 Å². The molecule has 0 saturated heterocycles. The third kappa shape index (κ3) is 20.4. The van der Waals surface area contributed by atoms with E-state index in [1.165, 1.54) is 102 Å². The fourth-order valence-corrected chi connectivity index (χ4v) is 3.89.